The van der Waals surface area contributed by atoms with Crippen LogP contribution >= 0.6 is 0 Å². The minimum atomic E-state index is 0.309. The highest BCUT2D eigenvalue weighted by Gasteiger charge is 2.08. The summed E-state index contributed by atoms with van der Waals surface area (Å²) in [5.74, 6) is 0.309. The van der Waals surface area contributed by atoms with Gasteiger partial charge < -0.3 is 5.73 Å². The van der Waals surface area contributed by atoms with Crippen molar-refractivity contribution >= 4 is 5.84 Å². The molecule has 0 bridgehead atoms. The quantitative estimate of drug-likeness (QED) is 0.460. The van der Waals surface area contributed by atoms with Crippen LogP contribution in [0.1, 0.15) is 40.0 Å². The van der Waals surface area contributed by atoms with Gasteiger partial charge in [-0.1, -0.05) is 20.8 Å². The summed E-state index contributed by atoms with van der Waals surface area (Å²) >= 11 is 0. The van der Waals surface area contributed by atoms with Crippen molar-refractivity contribution in [3.05, 3.63) is 0 Å². The molecule has 0 aromatic carbocycles. The molecule has 0 atom stereocenters. The Balaban J connectivity index is 3.29. The van der Waals surface area contributed by atoms with Gasteiger partial charge in [-0.15, -0.1) is 0 Å². The second-order valence-corrected chi connectivity index (χ2v) is 3.94. The molecule has 0 spiro atoms. The summed E-state index contributed by atoms with van der Waals surface area (Å²) in [5.41, 5.74) is 5.59. The molecule has 0 saturated heterocycles. The van der Waals surface area contributed by atoms with Crippen LogP contribution in [0.25, 0.3) is 0 Å². The number of hydrogen-bond acceptors (Lipinski definition) is 1. The van der Waals surface area contributed by atoms with Crippen molar-refractivity contribution < 1.29 is 0 Å². The van der Waals surface area contributed by atoms with E-state index in [-0.39, 0.29) is 0 Å². The molecule has 0 aliphatic heterocycles. The summed E-state index contributed by atoms with van der Waals surface area (Å²) in [6.45, 7) is 6.60. The Hall–Kier alpha value is -0.530. The van der Waals surface area contributed by atoms with Gasteiger partial charge in [-0.05, 0) is 18.3 Å². The lowest BCUT2D eigenvalue weighted by Gasteiger charge is -2.16. The smallest absolute Gasteiger partial charge is 0.0905 e. The molecular weight excluding hydrogens is 124 g/mol. The predicted octanol–water partition coefficient (Wildman–Crippen LogP) is 2.14. The molecule has 0 saturated carbocycles. The summed E-state index contributed by atoms with van der Waals surface area (Å²) in [6, 6.07) is 0. The normalized spacial score (nSPS) is 11.5. The molecule has 0 rings (SSSR count). The summed E-state index contributed by atoms with van der Waals surface area (Å²) in [6.07, 6.45) is 2.93. The van der Waals surface area contributed by atoms with Crippen LogP contribution in [-0.2, 0) is 0 Å². The molecule has 0 aliphatic carbocycles. The van der Waals surface area contributed by atoms with Gasteiger partial charge >= 0.3 is 0 Å². The number of hydrogen-bond donors (Lipinski definition) is 2. The summed E-state index contributed by atoms with van der Waals surface area (Å²) < 4.78 is 0. The molecule has 0 aromatic rings. The molecule has 0 aromatic heterocycles. The van der Waals surface area contributed by atoms with Gasteiger partial charge in [-0.3, -0.25) is 5.41 Å². The Labute approximate surface area is 63.3 Å². The van der Waals surface area contributed by atoms with E-state index in [1.54, 1.807) is 0 Å². The van der Waals surface area contributed by atoms with Gasteiger partial charge in [0.25, 0.3) is 0 Å². The van der Waals surface area contributed by atoms with Crippen molar-refractivity contribution in [2.24, 2.45) is 11.1 Å². The van der Waals surface area contributed by atoms with Gasteiger partial charge in [0, 0.05) is 6.42 Å². The Bertz CT molecular complexity index is 111. The van der Waals surface area contributed by atoms with Gasteiger partial charge in [-0.25, -0.2) is 0 Å². The van der Waals surface area contributed by atoms with Gasteiger partial charge in [0.2, 0.25) is 0 Å². The maximum absolute atomic E-state index is 6.98. The van der Waals surface area contributed by atoms with Crippen LogP contribution in [0.3, 0.4) is 0 Å². The first-order chi connectivity index (χ1) is 4.42. The first-order valence-electron chi connectivity index (χ1n) is 3.75. The van der Waals surface area contributed by atoms with E-state index in [0.29, 0.717) is 11.3 Å². The third-order valence-electron chi connectivity index (χ3n) is 1.37. The van der Waals surface area contributed by atoms with E-state index in [1.165, 1.54) is 0 Å². The van der Waals surface area contributed by atoms with Gasteiger partial charge in [-0.2, -0.15) is 0 Å². The number of nitrogens with two attached hydrogens (primary N) is 1. The van der Waals surface area contributed by atoms with Gasteiger partial charge in [0.05, 0.1) is 5.84 Å². The first-order valence-corrected chi connectivity index (χ1v) is 3.75. The summed E-state index contributed by atoms with van der Waals surface area (Å²) in [7, 11) is 0. The van der Waals surface area contributed by atoms with Crippen molar-refractivity contribution in [3.8, 4) is 0 Å². The fourth-order valence-electron chi connectivity index (χ4n) is 0.809. The van der Waals surface area contributed by atoms with Crippen LogP contribution in [0.2, 0.25) is 0 Å². The lowest BCUT2D eigenvalue weighted by Crippen LogP contribution is -2.11. The molecule has 3 N–H and O–H groups in total. The SMILES string of the molecule is CC(C)(C)CCCC(=N)N. The number of amidine groups is 1. The van der Waals surface area contributed by atoms with E-state index in [0.717, 1.165) is 19.3 Å². The monoisotopic (exact) mass is 142 g/mol. The zero-order chi connectivity index (χ0) is 8.20. The molecule has 0 heterocycles. The minimum Gasteiger partial charge on any atom is -0.388 e. The molecule has 0 aliphatic rings. The predicted molar refractivity (Wildman–Crippen MR) is 45.2 cm³/mol. The average Bonchev–Trinajstić information content (AvgIpc) is 1.59. The average molecular weight is 142 g/mol. The largest absolute Gasteiger partial charge is 0.388 e. The van der Waals surface area contributed by atoms with Crippen LogP contribution in [0.15, 0.2) is 0 Å². The Morgan fingerprint density at radius 3 is 2.20 bits per heavy atom. The second kappa shape index (κ2) is 3.59. The second-order valence-electron chi connectivity index (χ2n) is 3.94. The fraction of sp³-hybridized carbons (Fsp3) is 0.875. The highest BCUT2D eigenvalue weighted by atomic mass is 14.7. The topological polar surface area (TPSA) is 49.9 Å². The molecule has 60 valence electrons. The number of nitrogens with one attached hydrogen (secondary N) is 1. The number of rotatable bonds is 3. The summed E-state index contributed by atoms with van der Waals surface area (Å²) in [4.78, 5) is 0. The molecule has 0 fully saturated rings. The lowest BCUT2D eigenvalue weighted by molar-refractivity contribution is 0.368. The molecular formula is C8H18N2. The van der Waals surface area contributed by atoms with E-state index >= 15 is 0 Å². The molecule has 2 nitrogen and oxygen atoms in total. The highest BCUT2D eigenvalue weighted by Crippen LogP contribution is 2.21. The highest BCUT2D eigenvalue weighted by molar-refractivity contribution is 5.76. The Morgan fingerprint density at radius 2 is 1.90 bits per heavy atom. The molecule has 10 heavy (non-hydrogen) atoms. The third-order valence-corrected chi connectivity index (χ3v) is 1.37. The van der Waals surface area contributed by atoms with E-state index < -0.39 is 0 Å². The van der Waals surface area contributed by atoms with E-state index in [2.05, 4.69) is 20.8 Å². The van der Waals surface area contributed by atoms with Gasteiger partial charge in [0.1, 0.15) is 0 Å². The van der Waals surface area contributed by atoms with E-state index in [4.69, 9.17) is 11.1 Å². The van der Waals surface area contributed by atoms with Crippen molar-refractivity contribution in [3.63, 3.8) is 0 Å². The zero-order valence-corrected chi connectivity index (χ0v) is 7.20. The van der Waals surface area contributed by atoms with Crippen molar-refractivity contribution in [2.45, 2.75) is 40.0 Å². The van der Waals surface area contributed by atoms with Crippen molar-refractivity contribution in [2.75, 3.05) is 0 Å². The first kappa shape index (κ1) is 9.47. The van der Waals surface area contributed by atoms with E-state index in [9.17, 15) is 0 Å². The van der Waals surface area contributed by atoms with Crippen LogP contribution in [-0.4, -0.2) is 5.84 Å². The third kappa shape index (κ3) is 7.47. The molecule has 2 heteroatoms. The van der Waals surface area contributed by atoms with Crippen molar-refractivity contribution in [1.29, 1.82) is 5.41 Å². The maximum atomic E-state index is 6.98. The van der Waals surface area contributed by atoms with Crippen molar-refractivity contribution in [1.82, 2.24) is 0 Å². The standard InChI is InChI=1S/C8H18N2/c1-8(2,3)6-4-5-7(9)10/h4-6H2,1-3H3,(H3,9,10). The van der Waals surface area contributed by atoms with Crippen LogP contribution in [0.4, 0.5) is 0 Å². The summed E-state index contributed by atoms with van der Waals surface area (Å²) in [5, 5.41) is 6.98. The molecule has 0 radical (unpaired) electrons. The van der Waals surface area contributed by atoms with E-state index in [1.807, 2.05) is 0 Å². The Kier molecular flexibility index (Phi) is 3.40. The van der Waals surface area contributed by atoms with Crippen LogP contribution < -0.4 is 5.73 Å². The zero-order valence-electron chi connectivity index (χ0n) is 7.20. The van der Waals surface area contributed by atoms with Crippen LogP contribution in [0, 0.1) is 10.8 Å². The molecule has 0 amide bonds. The lowest BCUT2D eigenvalue weighted by atomic mass is 9.90. The fourth-order valence-corrected chi connectivity index (χ4v) is 0.809. The van der Waals surface area contributed by atoms with Crippen LogP contribution in [0.5, 0.6) is 0 Å². The Morgan fingerprint density at radius 1 is 1.40 bits per heavy atom. The van der Waals surface area contributed by atoms with Gasteiger partial charge in [0.15, 0.2) is 0 Å². The minimum absolute atomic E-state index is 0.309. The maximum Gasteiger partial charge on any atom is 0.0905 e. The molecule has 0 unspecified atom stereocenters.